The fraction of sp³-hybridized carbons (Fsp3) is 0.250. The number of aliphatic hydroxyl groups is 2. The smallest absolute Gasteiger partial charge is 0.141 e. The summed E-state index contributed by atoms with van der Waals surface area (Å²) in [6.45, 7) is 0. The van der Waals surface area contributed by atoms with Crippen LogP contribution < -0.4 is 0 Å². The molecule has 2 unspecified atom stereocenters. The third-order valence-electron chi connectivity index (χ3n) is 3.52. The van der Waals surface area contributed by atoms with Gasteiger partial charge in [-0.2, -0.15) is 0 Å². The molecule has 0 aliphatic rings. The molecule has 2 atom stereocenters. The molecule has 0 saturated heterocycles. The lowest BCUT2D eigenvalue weighted by Crippen LogP contribution is -2.18. The summed E-state index contributed by atoms with van der Waals surface area (Å²) in [5.41, 5.74) is 2.07. The second kappa shape index (κ2) is 5.56. The van der Waals surface area contributed by atoms with Gasteiger partial charge in [0.15, 0.2) is 0 Å². The molecule has 0 bridgehead atoms. The van der Waals surface area contributed by atoms with Crippen LogP contribution in [0.3, 0.4) is 0 Å². The van der Waals surface area contributed by atoms with Crippen LogP contribution >= 0.6 is 15.9 Å². The summed E-state index contributed by atoms with van der Waals surface area (Å²) in [7, 11) is 0. The zero-order chi connectivity index (χ0) is 14.1. The van der Waals surface area contributed by atoms with Crippen molar-refractivity contribution in [3.8, 4) is 0 Å². The molecule has 3 nitrogen and oxygen atoms in total. The maximum absolute atomic E-state index is 10.3. The van der Waals surface area contributed by atoms with Crippen LogP contribution in [0.5, 0.6) is 0 Å². The number of alkyl halides is 1. The van der Waals surface area contributed by atoms with Crippen molar-refractivity contribution in [1.82, 2.24) is 0 Å². The maximum Gasteiger partial charge on any atom is 0.141 e. The van der Waals surface area contributed by atoms with Crippen LogP contribution in [-0.4, -0.2) is 21.6 Å². The van der Waals surface area contributed by atoms with Crippen LogP contribution in [0.15, 0.2) is 46.9 Å². The average Bonchev–Trinajstić information content (AvgIpc) is 2.85. The molecule has 2 N–H and O–H groups in total. The van der Waals surface area contributed by atoms with Gasteiger partial charge in [0.2, 0.25) is 0 Å². The standard InChI is InChI=1S/C16H15BrO3/c17-9-8-13(18)15(19)12-6-3-5-11-10-4-1-2-7-14(10)20-16(11)12/h1-7,13,15,18-19H,8-9H2. The summed E-state index contributed by atoms with van der Waals surface area (Å²) in [4.78, 5) is 0. The number of halogens is 1. The van der Waals surface area contributed by atoms with Crippen molar-refractivity contribution in [2.45, 2.75) is 18.6 Å². The van der Waals surface area contributed by atoms with E-state index in [-0.39, 0.29) is 0 Å². The fourth-order valence-electron chi connectivity index (χ4n) is 2.48. The molecular formula is C16H15BrO3. The van der Waals surface area contributed by atoms with E-state index in [0.717, 1.165) is 16.4 Å². The molecule has 0 aliphatic carbocycles. The average molecular weight is 335 g/mol. The predicted octanol–water partition coefficient (Wildman–Crippen LogP) is 3.77. The van der Waals surface area contributed by atoms with Crippen molar-refractivity contribution in [2.24, 2.45) is 0 Å². The molecule has 20 heavy (non-hydrogen) atoms. The Labute approximate surface area is 125 Å². The van der Waals surface area contributed by atoms with Crippen molar-refractivity contribution in [2.75, 3.05) is 5.33 Å². The summed E-state index contributed by atoms with van der Waals surface area (Å²) in [6, 6.07) is 13.4. The third kappa shape index (κ3) is 2.24. The molecule has 0 spiro atoms. The van der Waals surface area contributed by atoms with Gasteiger partial charge < -0.3 is 14.6 Å². The second-order valence-electron chi connectivity index (χ2n) is 4.81. The van der Waals surface area contributed by atoms with E-state index in [1.807, 2.05) is 36.4 Å². The predicted molar refractivity (Wildman–Crippen MR) is 83.1 cm³/mol. The highest BCUT2D eigenvalue weighted by atomic mass is 79.9. The number of furan rings is 1. The highest BCUT2D eigenvalue weighted by molar-refractivity contribution is 9.09. The van der Waals surface area contributed by atoms with Crippen LogP contribution in [0, 0.1) is 0 Å². The van der Waals surface area contributed by atoms with Crippen molar-refractivity contribution in [3.63, 3.8) is 0 Å². The Bertz CT molecular complexity index is 735. The molecule has 0 fully saturated rings. The van der Waals surface area contributed by atoms with Gasteiger partial charge in [-0.05, 0) is 12.5 Å². The number of aliphatic hydroxyl groups excluding tert-OH is 2. The first kappa shape index (κ1) is 13.6. The Hall–Kier alpha value is -1.36. The Balaban J connectivity index is 2.16. The quantitative estimate of drug-likeness (QED) is 0.714. The van der Waals surface area contributed by atoms with Gasteiger partial charge in [-0.3, -0.25) is 0 Å². The third-order valence-corrected chi connectivity index (χ3v) is 3.98. The lowest BCUT2D eigenvalue weighted by Gasteiger charge is -2.17. The summed E-state index contributed by atoms with van der Waals surface area (Å²) < 4.78 is 5.85. The van der Waals surface area contributed by atoms with Gasteiger partial charge >= 0.3 is 0 Å². The van der Waals surface area contributed by atoms with Gasteiger partial charge in [-0.25, -0.2) is 0 Å². The van der Waals surface area contributed by atoms with E-state index in [1.54, 1.807) is 6.07 Å². The maximum atomic E-state index is 10.3. The summed E-state index contributed by atoms with van der Waals surface area (Å²) in [6.07, 6.45) is -1.28. The van der Waals surface area contributed by atoms with Gasteiger partial charge in [0, 0.05) is 21.7 Å². The Morgan fingerprint density at radius 1 is 1.00 bits per heavy atom. The normalized spacial score (nSPS) is 14.8. The second-order valence-corrected chi connectivity index (χ2v) is 5.60. The van der Waals surface area contributed by atoms with Gasteiger partial charge in [0.25, 0.3) is 0 Å². The zero-order valence-corrected chi connectivity index (χ0v) is 12.4. The zero-order valence-electron chi connectivity index (χ0n) is 10.8. The Morgan fingerprint density at radius 3 is 2.55 bits per heavy atom. The number of hydrogen-bond donors (Lipinski definition) is 2. The van der Waals surface area contributed by atoms with Gasteiger partial charge in [0.1, 0.15) is 17.3 Å². The molecule has 0 radical (unpaired) electrons. The first-order valence-corrected chi connectivity index (χ1v) is 7.67. The highest BCUT2D eigenvalue weighted by Crippen LogP contribution is 2.34. The van der Waals surface area contributed by atoms with E-state index in [9.17, 15) is 10.2 Å². The number of para-hydroxylation sites is 2. The molecular weight excluding hydrogens is 320 g/mol. The van der Waals surface area contributed by atoms with E-state index >= 15 is 0 Å². The van der Waals surface area contributed by atoms with Crippen LogP contribution in [0.2, 0.25) is 0 Å². The van der Waals surface area contributed by atoms with E-state index in [1.165, 1.54) is 0 Å². The molecule has 0 amide bonds. The summed E-state index contributed by atoms with van der Waals surface area (Å²) >= 11 is 3.27. The minimum atomic E-state index is -0.947. The summed E-state index contributed by atoms with van der Waals surface area (Å²) in [5, 5.41) is 22.9. The number of benzene rings is 2. The van der Waals surface area contributed by atoms with E-state index in [0.29, 0.717) is 22.9 Å². The van der Waals surface area contributed by atoms with E-state index in [4.69, 9.17) is 4.42 Å². The van der Waals surface area contributed by atoms with E-state index in [2.05, 4.69) is 15.9 Å². The first-order chi connectivity index (χ1) is 9.72. The molecule has 0 aliphatic heterocycles. The Kier molecular flexibility index (Phi) is 3.78. The molecule has 3 aromatic rings. The van der Waals surface area contributed by atoms with Crippen molar-refractivity contribution < 1.29 is 14.6 Å². The SMILES string of the molecule is OC(CCBr)C(O)c1cccc2c1oc1ccccc12. The summed E-state index contributed by atoms with van der Waals surface area (Å²) in [5.74, 6) is 0. The van der Waals surface area contributed by atoms with Crippen molar-refractivity contribution >= 4 is 37.9 Å². The molecule has 1 aromatic heterocycles. The number of hydrogen-bond acceptors (Lipinski definition) is 3. The van der Waals surface area contributed by atoms with Gasteiger partial charge in [-0.15, -0.1) is 0 Å². The van der Waals surface area contributed by atoms with Crippen molar-refractivity contribution in [1.29, 1.82) is 0 Å². The lowest BCUT2D eigenvalue weighted by atomic mass is 10.00. The van der Waals surface area contributed by atoms with Crippen LogP contribution in [0.25, 0.3) is 21.9 Å². The molecule has 2 aromatic carbocycles. The lowest BCUT2D eigenvalue weighted by molar-refractivity contribution is 0.0177. The molecule has 3 rings (SSSR count). The first-order valence-electron chi connectivity index (χ1n) is 6.54. The number of rotatable bonds is 4. The molecule has 104 valence electrons. The molecule has 0 saturated carbocycles. The highest BCUT2D eigenvalue weighted by Gasteiger charge is 2.22. The van der Waals surface area contributed by atoms with Crippen LogP contribution in [0.1, 0.15) is 18.1 Å². The minimum Gasteiger partial charge on any atom is -0.456 e. The topological polar surface area (TPSA) is 53.6 Å². The van der Waals surface area contributed by atoms with E-state index < -0.39 is 12.2 Å². The Morgan fingerprint density at radius 2 is 1.75 bits per heavy atom. The molecule has 4 heteroatoms. The van der Waals surface area contributed by atoms with Crippen LogP contribution in [-0.2, 0) is 0 Å². The largest absolute Gasteiger partial charge is 0.456 e. The molecule has 1 heterocycles. The fourth-order valence-corrected chi connectivity index (χ4v) is 2.95. The van der Waals surface area contributed by atoms with Crippen LogP contribution in [0.4, 0.5) is 0 Å². The van der Waals surface area contributed by atoms with Gasteiger partial charge in [0.05, 0.1) is 6.10 Å². The minimum absolute atomic E-state index is 0.484. The van der Waals surface area contributed by atoms with Crippen molar-refractivity contribution in [3.05, 3.63) is 48.0 Å². The monoisotopic (exact) mass is 334 g/mol. The number of fused-ring (bicyclic) bond motifs is 3. The van der Waals surface area contributed by atoms with Gasteiger partial charge in [-0.1, -0.05) is 52.3 Å².